The van der Waals surface area contributed by atoms with Gasteiger partial charge in [0.05, 0.1) is 6.54 Å². The number of hydrogen-bond acceptors (Lipinski definition) is 2. The third-order valence-electron chi connectivity index (χ3n) is 6.72. The number of nitrogens with one attached hydrogen (secondary N) is 1. The van der Waals surface area contributed by atoms with Crippen LogP contribution in [0.1, 0.15) is 63.0 Å². The van der Waals surface area contributed by atoms with Crippen molar-refractivity contribution in [2.24, 2.45) is 10.4 Å². The number of nitrogens with zero attached hydrogens (tertiary/aromatic N) is 3. The summed E-state index contributed by atoms with van der Waals surface area (Å²) in [7, 11) is 0. The van der Waals surface area contributed by atoms with Gasteiger partial charge in [-0.3, -0.25) is 4.79 Å². The molecule has 2 heterocycles. The molecule has 6 heteroatoms. The minimum absolute atomic E-state index is 0. The van der Waals surface area contributed by atoms with Crippen LogP contribution in [0.4, 0.5) is 0 Å². The van der Waals surface area contributed by atoms with E-state index in [2.05, 4.69) is 41.4 Å². The Balaban J connectivity index is 0.00000240. The van der Waals surface area contributed by atoms with Gasteiger partial charge in [-0.15, -0.1) is 24.0 Å². The van der Waals surface area contributed by atoms with Crippen molar-refractivity contribution in [2.75, 3.05) is 26.2 Å². The fraction of sp³-hybridized carbons (Fsp3) is 0.652. The lowest BCUT2D eigenvalue weighted by Gasteiger charge is -2.26. The third kappa shape index (κ3) is 5.44. The molecule has 1 saturated carbocycles. The Morgan fingerprint density at radius 3 is 2.45 bits per heavy atom. The monoisotopic (exact) mass is 510 g/mol. The fourth-order valence-corrected chi connectivity index (χ4v) is 5.08. The third-order valence-corrected chi connectivity index (χ3v) is 6.72. The summed E-state index contributed by atoms with van der Waals surface area (Å²) in [6, 6.07) is 8.61. The fourth-order valence-electron chi connectivity index (χ4n) is 5.08. The Hall–Kier alpha value is -1.31. The summed E-state index contributed by atoms with van der Waals surface area (Å²) in [5.74, 6) is 1.35. The minimum atomic E-state index is 0. The van der Waals surface area contributed by atoms with Gasteiger partial charge in [-0.2, -0.15) is 0 Å². The van der Waals surface area contributed by atoms with Gasteiger partial charge in [0.1, 0.15) is 0 Å². The lowest BCUT2D eigenvalue weighted by molar-refractivity contribution is -0.128. The molecular formula is C23H35IN4O. The molecule has 2 saturated heterocycles. The molecule has 1 aromatic rings. The number of aliphatic imine (C=N–C) groups is 1. The summed E-state index contributed by atoms with van der Waals surface area (Å²) >= 11 is 0. The molecule has 29 heavy (non-hydrogen) atoms. The molecule has 3 fully saturated rings. The lowest BCUT2D eigenvalue weighted by Crippen LogP contribution is -2.41. The predicted octanol–water partition coefficient (Wildman–Crippen LogP) is 4.16. The zero-order valence-corrected chi connectivity index (χ0v) is 20.0. The van der Waals surface area contributed by atoms with Gasteiger partial charge in [0.25, 0.3) is 0 Å². The first-order chi connectivity index (χ1) is 13.7. The van der Waals surface area contributed by atoms with Crippen LogP contribution in [0.15, 0.2) is 29.3 Å². The van der Waals surface area contributed by atoms with E-state index in [4.69, 9.17) is 4.99 Å². The van der Waals surface area contributed by atoms with Crippen LogP contribution in [0.3, 0.4) is 0 Å². The highest BCUT2D eigenvalue weighted by atomic mass is 127. The normalized spacial score (nSPS) is 21.1. The van der Waals surface area contributed by atoms with E-state index >= 15 is 0 Å². The number of amides is 1. The van der Waals surface area contributed by atoms with Crippen LogP contribution in [0.25, 0.3) is 0 Å². The molecule has 0 aromatic heterocycles. The number of benzene rings is 1. The second-order valence-corrected chi connectivity index (χ2v) is 8.78. The van der Waals surface area contributed by atoms with Crippen LogP contribution in [-0.4, -0.2) is 47.8 Å². The quantitative estimate of drug-likeness (QED) is 0.368. The highest BCUT2D eigenvalue weighted by Gasteiger charge is 2.41. The molecule has 0 atom stereocenters. The van der Waals surface area contributed by atoms with Gasteiger partial charge in [-0.05, 0) is 49.1 Å². The summed E-state index contributed by atoms with van der Waals surface area (Å²) in [5, 5.41) is 3.50. The Labute approximate surface area is 192 Å². The highest BCUT2D eigenvalue weighted by molar-refractivity contribution is 14.0. The van der Waals surface area contributed by atoms with Gasteiger partial charge < -0.3 is 15.1 Å². The molecule has 1 amide bonds. The molecule has 2 aliphatic heterocycles. The molecule has 4 rings (SSSR count). The van der Waals surface area contributed by atoms with Crippen molar-refractivity contribution >= 4 is 35.8 Å². The first kappa shape index (κ1) is 22.4. The molecule has 0 unspecified atom stereocenters. The van der Waals surface area contributed by atoms with Crippen LogP contribution in [0, 0.1) is 5.41 Å². The molecule has 0 radical (unpaired) electrons. The van der Waals surface area contributed by atoms with E-state index in [0.717, 1.165) is 38.6 Å². The van der Waals surface area contributed by atoms with Crippen molar-refractivity contribution in [3.63, 3.8) is 0 Å². The smallest absolute Gasteiger partial charge is 0.222 e. The molecule has 1 spiro atoms. The van der Waals surface area contributed by atoms with Crippen LogP contribution in [-0.2, 0) is 17.9 Å². The van der Waals surface area contributed by atoms with E-state index in [1.165, 1.54) is 49.8 Å². The van der Waals surface area contributed by atoms with E-state index in [-0.39, 0.29) is 29.9 Å². The van der Waals surface area contributed by atoms with E-state index in [9.17, 15) is 4.79 Å². The number of halogens is 1. The number of carbonyl (C=O) groups is 1. The van der Waals surface area contributed by atoms with Gasteiger partial charge >= 0.3 is 0 Å². The van der Waals surface area contributed by atoms with Crippen molar-refractivity contribution in [2.45, 2.75) is 65.0 Å². The van der Waals surface area contributed by atoms with Crippen LogP contribution < -0.4 is 5.32 Å². The van der Waals surface area contributed by atoms with Gasteiger partial charge in [-0.25, -0.2) is 4.99 Å². The van der Waals surface area contributed by atoms with Gasteiger partial charge in [0, 0.05) is 39.1 Å². The maximum Gasteiger partial charge on any atom is 0.222 e. The molecule has 1 N–H and O–H groups in total. The van der Waals surface area contributed by atoms with E-state index in [0.29, 0.717) is 18.4 Å². The van der Waals surface area contributed by atoms with Crippen molar-refractivity contribution in [1.82, 2.24) is 15.1 Å². The van der Waals surface area contributed by atoms with Crippen molar-refractivity contribution in [1.29, 1.82) is 0 Å². The van der Waals surface area contributed by atoms with Gasteiger partial charge in [0.15, 0.2) is 5.96 Å². The summed E-state index contributed by atoms with van der Waals surface area (Å²) in [5.41, 5.74) is 2.99. The van der Waals surface area contributed by atoms with E-state index < -0.39 is 0 Å². The summed E-state index contributed by atoms with van der Waals surface area (Å²) in [4.78, 5) is 21.2. The van der Waals surface area contributed by atoms with Crippen molar-refractivity contribution < 1.29 is 4.79 Å². The van der Waals surface area contributed by atoms with Crippen LogP contribution in [0.2, 0.25) is 0 Å². The van der Waals surface area contributed by atoms with Crippen LogP contribution >= 0.6 is 24.0 Å². The number of likely N-dealkylation sites (tertiary alicyclic amines) is 2. The molecule has 0 bridgehead atoms. The summed E-state index contributed by atoms with van der Waals surface area (Å²) in [6.07, 6.45) is 8.61. The number of hydrogen-bond donors (Lipinski definition) is 1. The zero-order valence-electron chi connectivity index (χ0n) is 17.7. The van der Waals surface area contributed by atoms with E-state index in [1.54, 1.807) is 0 Å². The molecule has 1 aromatic carbocycles. The predicted molar refractivity (Wildman–Crippen MR) is 128 cm³/mol. The Bertz CT molecular complexity index is 712. The number of carbonyl (C=O) groups excluding carboxylic acids is 1. The Kier molecular flexibility index (Phi) is 7.82. The van der Waals surface area contributed by atoms with Gasteiger partial charge in [0.2, 0.25) is 5.91 Å². The highest BCUT2D eigenvalue weighted by Crippen LogP contribution is 2.45. The maximum absolute atomic E-state index is 11.8. The zero-order chi connectivity index (χ0) is 19.4. The SMILES string of the molecule is CCNC(=NCc1ccc(CN2CCCC2=O)cc1)N1CCC2(CCCC2)C1.I. The standard InChI is InChI=1S/C23H34N4O.HI/c1-2-24-22(27-15-13-23(18-27)11-3-4-12-23)25-16-19-7-9-20(10-8-19)17-26-14-5-6-21(26)28;/h7-10H,2-6,11-18H2,1H3,(H,24,25);1H. The average molecular weight is 510 g/mol. The Morgan fingerprint density at radius 1 is 1.07 bits per heavy atom. The van der Waals surface area contributed by atoms with Gasteiger partial charge in [-0.1, -0.05) is 37.1 Å². The molecule has 3 aliphatic rings. The van der Waals surface area contributed by atoms with Crippen molar-refractivity contribution in [3.05, 3.63) is 35.4 Å². The summed E-state index contributed by atoms with van der Waals surface area (Å²) in [6.45, 7) is 7.69. The molecule has 5 nitrogen and oxygen atoms in total. The lowest BCUT2D eigenvalue weighted by atomic mass is 9.86. The number of rotatable bonds is 5. The first-order valence-electron chi connectivity index (χ1n) is 11.1. The maximum atomic E-state index is 11.8. The second-order valence-electron chi connectivity index (χ2n) is 8.78. The molecular weight excluding hydrogens is 475 g/mol. The molecule has 1 aliphatic carbocycles. The van der Waals surface area contributed by atoms with Crippen molar-refractivity contribution in [3.8, 4) is 0 Å². The number of guanidine groups is 1. The largest absolute Gasteiger partial charge is 0.357 e. The summed E-state index contributed by atoms with van der Waals surface area (Å²) < 4.78 is 0. The average Bonchev–Trinajstić information content (AvgIpc) is 3.44. The second kappa shape index (κ2) is 10.1. The first-order valence-corrected chi connectivity index (χ1v) is 11.1. The topological polar surface area (TPSA) is 47.9 Å². The van der Waals surface area contributed by atoms with Crippen LogP contribution in [0.5, 0.6) is 0 Å². The Morgan fingerprint density at radius 2 is 1.79 bits per heavy atom. The minimum Gasteiger partial charge on any atom is -0.357 e. The van der Waals surface area contributed by atoms with E-state index in [1.807, 2.05) is 4.90 Å². The molecule has 160 valence electrons.